The first-order valence-corrected chi connectivity index (χ1v) is 7.54. The van der Waals surface area contributed by atoms with Crippen molar-refractivity contribution in [1.82, 2.24) is 0 Å². The molecule has 3 rings (SSSR count). The fraction of sp³-hybridized carbons (Fsp3) is 0.250. The molecular weight excluding hydrogens is 254 g/mol. The minimum absolute atomic E-state index is 0.919. The minimum Gasteiger partial charge on any atom is -0.289 e. The number of nitrogens with zero attached hydrogens (tertiary/aromatic N) is 1. The SMILES string of the molecule is CC1=NCCC1=C(c1ccc(C)cc1)c1ccc(C)cc1. The molecule has 0 spiro atoms. The molecule has 1 aliphatic heterocycles. The van der Waals surface area contributed by atoms with Gasteiger partial charge in [-0.15, -0.1) is 0 Å². The van der Waals surface area contributed by atoms with E-state index in [4.69, 9.17) is 0 Å². The molecular formula is C20H21N. The monoisotopic (exact) mass is 275 g/mol. The molecule has 0 aromatic heterocycles. The van der Waals surface area contributed by atoms with Gasteiger partial charge in [-0.05, 0) is 49.5 Å². The summed E-state index contributed by atoms with van der Waals surface area (Å²) in [5.74, 6) is 0. The molecule has 0 saturated carbocycles. The highest BCUT2D eigenvalue weighted by Gasteiger charge is 2.17. The van der Waals surface area contributed by atoms with Crippen LogP contribution < -0.4 is 0 Å². The summed E-state index contributed by atoms with van der Waals surface area (Å²) in [6.45, 7) is 7.31. The van der Waals surface area contributed by atoms with E-state index in [0.717, 1.165) is 13.0 Å². The van der Waals surface area contributed by atoms with Crippen molar-refractivity contribution in [2.75, 3.05) is 6.54 Å². The van der Waals surface area contributed by atoms with Crippen LogP contribution in [0.2, 0.25) is 0 Å². The quantitative estimate of drug-likeness (QED) is 0.733. The third kappa shape index (κ3) is 2.82. The molecule has 0 amide bonds. The number of benzene rings is 2. The summed E-state index contributed by atoms with van der Waals surface area (Å²) < 4.78 is 0. The first-order valence-electron chi connectivity index (χ1n) is 7.54. The Morgan fingerprint density at radius 1 is 0.762 bits per heavy atom. The van der Waals surface area contributed by atoms with Gasteiger partial charge >= 0.3 is 0 Å². The van der Waals surface area contributed by atoms with Gasteiger partial charge in [0.15, 0.2) is 0 Å². The van der Waals surface area contributed by atoms with Gasteiger partial charge in [-0.1, -0.05) is 59.7 Å². The molecule has 0 unspecified atom stereocenters. The van der Waals surface area contributed by atoms with E-state index in [2.05, 4.69) is 74.3 Å². The number of hydrogen-bond donors (Lipinski definition) is 0. The maximum absolute atomic E-state index is 4.58. The smallest absolute Gasteiger partial charge is 0.0433 e. The maximum Gasteiger partial charge on any atom is 0.0433 e. The zero-order valence-corrected chi connectivity index (χ0v) is 13.0. The number of aliphatic imine (C=N–C) groups is 1. The molecule has 21 heavy (non-hydrogen) atoms. The van der Waals surface area contributed by atoms with Crippen molar-refractivity contribution in [3.05, 3.63) is 76.4 Å². The first kappa shape index (κ1) is 13.8. The lowest BCUT2D eigenvalue weighted by atomic mass is 9.90. The average molecular weight is 275 g/mol. The number of aryl methyl sites for hydroxylation is 2. The van der Waals surface area contributed by atoms with Gasteiger partial charge in [0.05, 0.1) is 0 Å². The Bertz CT molecular complexity index is 653. The largest absolute Gasteiger partial charge is 0.289 e. The fourth-order valence-electron chi connectivity index (χ4n) is 2.87. The normalized spacial score (nSPS) is 14.2. The Morgan fingerprint density at radius 2 is 1.24 bits per heavy atom. The Hall–Kier alpha value is -2.15. The Kier molecular flexibility index (Phi) is 3.74. The van der Waals surface area contributed by atoms with Gasteiger partial charge in [-0.3, -0.25) is 4.99 Å². The molecule has 2 aromatic carbocycles. The molecule has 0 atom stereocenters. The van der Waals surface area contributed by atoms with Crippen LogP contribution in [0.3, 0.4) is 0 Å². The summed E-state index contributed by atoms with van der Waals surface area (Å²) in [5, 5.41) is 0. The van der Waals surface area contributed by atoms with E-state index < -0.39 is 0 Å². The van der Waals surface area contributed by atoms with E-state index in [1.165, 1.54) is 39.1 Å². The van der Waals surface area contributed by atoms with Crippen LogP contribution in [0.1, 0.15) is 35.6 Å². The summed E-state index contributed by atoms with van der Waals surface area (Å²) in [6, 6.07) is 17.6. The summed E-state index contributed by atoms with van der Waals surface area (Å²) in [6.07, 6.45) is 1.04. The second-order valence-corrected chi connectivity index (χ2v) is 5.80. The summed E-state index contributed by atoms with van der Waals surface area (Å²) in [5.41, 5.74) is 9.09. The molecule has 0 radical (unpaired) electrons. The summed E-state index contributed by atoms with van der Waals surface area (Å²) in [7, 11) is 0. The zero-order valence-electron chi connectivity index (χ0n) is 13.0. The van der Waals surface area contributed by atoms with E-state index in [1.807, 2.05) is 0 Å². The van der Waals surface area contributed by atoms with Gasteiger partial charge in [0.25, 0.3) is 0 Å². The molecule has 1 heterocycles. The van der Waals surface area contributed by atoms with Gasteiger partial charge < -0.3 is 0 Å². The van der Waals surface area contributed by atoms with Crippen molar-refractivity contribution >= 4 is 11.3 Å². The van der Waals surface area contributed by atoms with Gasteiger partial charge in [0, 0.05) is 12.3 Å². The van der Waals surface area contributed by atoms with Crippen LogP contribution in [0.4, 0.5) is 0 Å². The maximum atomic E-state index is 4.58. The average Bonchev–Trinajstić information content (AvgIpc) is 2.90. The lowest BCUT2D eigenvalue weighted by Gasteiger charge is -2.14. The molecule has 0 bridgehead atoms. The Labute approximate surface area is 127 Å². The van der Waals surface area contributed by atoms with Gasteiger partial charge in [-0.2, -0.15) is 0 Å². The van der Waals surface area contributed by atoms with Crippen LogP contribution in [0.15, 0.2) is 59.1 Å². The van der Waals surface area contributed by atoms with Crippen LogP contribution in [-0.2, 0) is 0 Å². The molecule has 0 N–H and O–H groups in total. The molecule has 0 saturated heterocycles. The van der Waals surface area contributed by atoms with Crippen molar-refractivity contribution in [3.63, 3.8) is 0 Å². The molecule has 0 aliphatic carbocycles. The number of rotatable bonds is 2. The highest BCUT2D eigenvalue weighted by Crippen LogP contribution is 2.31. The molecule has 106 valence electrons. The summed E-state index contributed by atoms with van der Waals surface area (Å²) >= 11 is 0. The molecule has 2 aromatic rings. The Balaban J connectivity index is 2.18. The number of hydrogen-bond acceptors (Lipinski definition) is 1. The predicted octanol–water partition coefficient (Wildman–Crippen LogP) is 4.97. The van der Waals surface area contributed by atoms with E-state index in [0.29, 0.717) is 0 Å². The van der Waals surface area contributed by atoms with Crippen LogP contribution in [-0.4, -0.2) is 12.3 Å². The lowest BCUT2D eigenvalue weighted by molar-refractivity contribution is 1.04. The molecule has 1 heteroatoms. The lowest BCUT2D eigenvalue weighted by Crippen LogP contribution is -1.99. The van der Waals surface area contributed by atoms with Crippen molar-refractivity contribution in [2.24, 2.45) is 4.99 Å². The van der Waals surface area contributed by atoms with E-state index >= 15 is 0 Å². The topological polar surface area (TPSA) is 12.4 Å². The second-order valence-electron chi connectivity index (χ2n) is 5.80. The standard InChI is InChI=1S/C20H21N/c1-14-4-8-17(9-5-14)20(19-12-13-21-16(19)3)18-10-6-15(2)7-11-18/h4-11H,12-13H2,1-3H3. The third-order valence-electron chi connectivity index (χ3n) is 4.13. The van der Waals surface area contributed by atoms with Crippen molar-refractivity contribution in [2.45, 2.75) is 27.2 Å². The first-order chi connectivity index (χ1) is 10.1. The van der Waals surface area contributed by atoms with E-state index in [-0.39, 0.29) is 0 Å². The Morgan fingerprint density at radius 3 is 1.62 bits per heavy atom. The van der Waals surface area contributed by atoms with E-state index in [1.54, 1.807) is 0 Å². The third-order valence-corrected chi connectivity index (χ3v) is 4.13. The van der Waals surface area contributed by atoms with Crippen molar-refractivity contribution in [1.29, 1.82) is 0 Å². The van der Waals surface area contributed by atoms with Crippen LogP contribution >= 0.6 is 0 Å². The molecule has 0 fully saturated rings. The van der Waals surface area contributed by atoms with Crippen LogP contribution in [0.5, 0.6) is 0 Å². The second kappa shape index (κ2) is 5.69. The van der Waals surface area contributed by atoms with Crippen molar-refractivity contribution < 1.29 is 0 Å². The predicted molar refractivity (Wildman–Crippen MR) is 91.0 cm³/mol. The zero-order chi connectivity index (χ0) is 14.8. The fourth-order valence-corrected chi connectivity index (χ4v) is 2.87. The van der Waals surface area contributed by atoms with E-state index in [9.17, 15) is 0 Å². The highest BCUT2D eigenvalue weighted by molar-refractivity contribution is 6.08. The molecule has 1 nitrogen and oxygen atoms in total. The van der Waals surface area contributed by atoms with Crippen molar-refractivity contribution in [3.8, 4) is 0 Å². The van der Waals surface area contributed by atoms with Crippen LogP contribution in [0.25, 0.3) is 5.57 Å². The van der Waals surface area contributed by atoms with Gasteiger partial charge in [0.1, 0.15) is 0 Å². The summed E-state index contributed by atoms with van der Waals surface area (Å²) in [4.78, 5) is 4.58. The minimum atomic E-state index is 0.919. The van der Waals surface area contributed by atoms with Gasteiger partial charge in [-0.25, -0.2) is 0 Å². The van der Waals surface area contributed by atoms with Gasteiger partial charge in [0.2, 0.25) is 0 Å². The van der Waals surface area contributed by atoms with Crippen LogP contribution in [0, 0.1) is 13.8 Å². The molecule has 1 aliphatic rings. The highest BCUT2D eigenvalue weighted by atomic mass is 14.8.